The zero-order valence-electron chi connectivity index (χ0n) is 15.2. The van der Waals surface area contributed by atoms with Gasteiger partial charge in [0.15, 0.2) is 0 Å². The molecule has 4 heterocycles. The maximum Gasteiger partial charge on any atom is 0.229 e. The smallest absolute Gasteiger partial charge is 0.229 e. The fourth-order valence-corrected chi connectivity index (χ4v) is 4.31. The Labute approximate surface area is 161 Å². The van der Waals surface area contributed by atoms with E-state index in [1.54, 1.807) is 11.1 Å². The van der Waals surface area contributed by atoms with Gasteiger partial charge >= 0.3 is 0 Å². The molecule has 2 aromatic rings. The van der Waals surface area contributed by atoms with Crippen molar-refractivity contribution in [1.82, 2.24) is 20.1 Å². The molecule has 2 aromatic heterocycles. The van der Waals surface area contributed by atoms with Crippen LogP contribution in [0.25, 0.3) is 0 Å². The van der Waals surface area contributed by atoms with Gasteiger partial charge in [-0.15, -0.1) is 10.2 Å². The number of piperazine rings is 1. The molecule has 0 bridgehead atoms. The molecule has 0 spiro atoms. The van der Waals surface area contributed by atoms with Crippen LogP contribution in [0.1, 0.15) is 18.4 Å². The van der Waals surface area contributed by atoms with Crippen LogP contribution in [0, 0.1) is 5.92 Å². The first-order valence-corrected chi connectivity index (χ1v) is 10.0. The molecule has 2 aliphatic heterocycles. The molecule has 8 nitrogen and oxygen atoms in total. The summed E-state index contributed by atoms with van der Waals surface area (Å²) in [6, 6.07) is 5.85. The molecule has 0 saturated carbocycles. The second kappa shape index (κ2) is 7.59. The van der Waals surface area contributed by atoms with Crippen molar-refractivity contribution in [3.8, 4) is 0 Å². The highest BCUT2D eigenvalue weighted by Gasteiger charge is 2.39. The van der Waals surface area contributed by atoms with Gasteiger partial charge in [-0.05, 0) is 18.6 Å². The van der Waals surface area contributed by atoms with Gasteiger partial charge in [0, 0.05) is 45.3 Å². The van der Waals surface area contributed by atoms with E-state index in [0.717, 1.165) is 30.3 Å². The van der Waals surface area contributed by atoms with E-state index < -0.39 is 0 Å². The zero-order valence-corrected chi connectivity index (χ0v) is 16.1. The van der Waals surface area contributed by atoms with E-state index in [9.17, 15) is 9.59 Å². The summed E-state index contributed by atoms with van der Waals surface area (Å²) in [6.07, 6.45) is 2.83. The van der Waals surface area contributed by atoms with E-state index >= 15 is 0 Å². The van der Waals surface area contributed by atoms with Crippen LogP contribution in [0.2, 0.25) is 0 Å². The third-order valence-corrected chi connectivity index (χ3v) is 6.12. The van der Waals surface area contributed by atoms with E-state index in [0.29, 0.717) is 24.8 Å². The Bertz CT molecular complexity index is 818. The number of rotatable bonds is 4. The molecule has 9 heteroatoms. The number of aromatic nitrogens is 3. The van der Waals surface area contributed by atoms with Crippen molar-refractivity contribution in [3.63, 3.8) is 0 Å². The third kappa shape index (κ3) is 3.64. The standard InChI is InChI=1S/C18H22N6O2S/c1-2-15-20-21-18(27-15)24-12-13(11-16(24)25)17(26)23-9-7-22(8-10-23)14-5-3-4-6-19-14/h3-6,13H,2,7-12H2,1H3. The first-order valence-electron chi connectivity index (χ1n) is 9.23. The average Bonchev–Trinajstić information content (AvgIpc) is 3.34. The molecular formula is C18H22N6O2S. The number of carbonyl (C=O) groups is 2. The summed E-state index contributed by atoms with van der Waals surface area (Å²) < 4.78 is 0. The number of carbonyl (C=O) groups excluding carboxylic acids is 2. The summed E-state index contributed by atoms with van der Waals surface area (Å²) in [7, 11) is 0. The first-order chi connectivity index (χ1) is 13.2. The molecule has 142 valence electrons. The second-order valence-electron chi connectivity index (χ2n) is 6.74. The number of hydrogen-bond acceptors (Lipinski definition) is 7. The molecule has 1 atom stereocenters. The lowest BCUT2D eigenvalue weighted by molar-refractivity contribution is -0.136. The monoisotopic (exact) mass is 386 g/mol. The number of amides is 2. The Kier molecular flexibility index (Phi) is 5.02. The maximum absolute atomic E-state index is 12.9. The molecule has 2 saturated heterocycles. The topological polar surface area (TPSA) is 82.5 Å². The highest BCUT2D eigenvalue weighted by Crippen LogP contribution is 2.29. The van der Waals surface area contributed by atoms with E-state index in [1.807, 2.05) is 30.0 Å². The molecule has 1 unspecified atom stereocenters. The molecule has 0 radical (unpaired) electrons. The van der Waals surface area contributed by atoms with E-state index in [1.165, 1.54) is 11.3 Å². The Hall–Kier alpha value is -2.55. The summed E-state index contributed by atoms with van der Waals surface area (Å²) in [5, 5.41) is 9.69. The fraction of sp³-hybridized carbons (Fsp3) is 0.500. The lowest BCUT2D eigenvalue weighted by Gasteiger charge is -2.36. The first kappa shape index (κ1) is 17.8. The minimum Gasteiger partial charge on any atom is -0.353 e. The third-order valence-electron chi connectivity index (χ3n) is 5.03. The molecule has 4 rings (SSSR count). The summed E-state index contributed by atoms with van der Waals surface area (Å²) in [5.41, 5.74) is 0. The van der Waals surface area contributed by atoms with Crippen LogP contribution in [0.3, 0.4) is 0 Å². The van der Waals surface area contributed by atoms with E-state index in [-0.39, 0.29) is 24.2 Å². The summed E-state index contributed by atoms with van der Waals surface area (Å²) >= 11 is 1.43. The minimum atomic E-state index is -0.298. The molecule has 2 amide bonds. The van der Waals surface area contributed by atoms with Crippen molar-refractivity contribution in [1.29, 1.82) is 0 Å². The molecule has 2 aliphatic rings. The lowest BCUT2D eigenvalue weighted by atomic mass is 10.1. The number of hydrogen-bond donors (Lipinski definition) is 0. The van der Waals surface area contributed by atoms with Crippen LogP contribution in [-0.4, -0.2) is 64.6 Å². The van der Waals surface area contributed by atoms with Gasteiger partial charge < -0.3 is 9.80 Å². The van der Waals surface area contributed by atoms with Gasteiger partial charge in [0.2, 0.25) is 16.9 Å². The van der Waals surface area contributed by atoms with Gasteiger partial charge in [-0.3, -0.25) is 14.5 Å². The largest absolute Gasteiger partial charge is 0.353 e. The van der Waals surface area contributed by atoms with Gasteiger partial charge in [0.1, 0.15) is 10.8 Å². The fourth-order valence-electron chi connectivity index (χ4n) is 3.51. The van der Waals surface area contributed by atoms with Crippen molar-refractivity contribution < 1.29 is 9.59 Å². The van der Waals surface area contributed by atoms with Crippen molar-refractivity contribution >= 4 is 34.1 Å². The molecule has 27 heavy (non-hydrogen) atoms. The predicted octanol–water partition coefficient (Wildman–Crippen LogP) is 1.20. The minimum absolute atomic E-state index is 0.0423. The predicted molar refractivity (Wildman–Crippen MR) is 103 cm³/mol. The van der Waals surface area contributed by atoms with Crippen molar-refractivity contribution in [2.24, 2.45) is 5.92 Å². The molecule has 0 aliphatic carbocycles. The summed E-state index contributed by atoms with van der Waals surface area (Å²) in [4.78, 5) is 35.3. The molecular weight excluding hydrogens is 364 g/mol. The van der Waals surface area contributed by atoms with Crippen LogP contribution in [0.4, 0.5) is 10.9 Å². The highest BCUT2D eigenvalue weighted by molar-refractivity contribution is 7.15. The van der Waals surface area contributed by atoms with Crippen LogP contribution >= 0.6 is 11.3 Å². The van der Waals surface area contributed by atoms with Crippen molar-refractivity contribution in [2.75, 3.05) is 42.5 Å². The number of pyridine rings is 1. The van der Waals surface area contributed by atoms with Gasteiger partial charge in [-0.25, -0.2) is 4.98 Å². The van der Waals surface area contributed by atoms with Gasteiger partial charge in [-0.1, -0.05) is 24.3 Å². The van der Waals surface area contributed by atoms with E-state index in [2.05, 4.69) is 20.1 Å². The lowest BCUT2D eigenvalue weighted by Crippen LogP contribution is -2.51. The van der Waals surface area contributed by atoms with Crippen LogP contribution in [-0.2, 0) is 16.0 Å². The highest BCUT2D eigenvalue weighted by atomic mass is 32.1. The number of nitrogens with zero attached hydrogens (tertiary/aromatic N) is 6. The zero-order chi connectivity index (χ0) is 18.8. The molecule has 0 aromatic carbocycles. The van der Waals surface area contributed by atoms with Crippen molar-refractivity contribution in [2.45, 2.75) is 19.8 Å². The Balaban J connectivity index is 1.36. The second-order valence-corrected chi connectivity index (χ2v) is 7.78. The maximum atomic E-state index is 12.9. The Morgan fingerprint density at radius 3 is 2.70 bits per heavy atom. The molecule has 0 N–H and O–H groups in total. The number of aryl methyl sites for hydroxylation is 1. The van der Waals surface area contributed by atoms with Gasteiger partial charge in [0.25, 0.3) is 0 Å². The average molecular weight is 386 g/mol. The van der Waals surface area contributed by atoms with Crippen molar-refractivity contribution in [3.05, 3.63) is 29.4 Å². The Morgan fingerprint density at radius 2 is 2.04 bits per heavy atom. The quantitative estimate of drug-likeness (QED) is 0.785. The summed E-state index contributed by atoms with van der Waals surface area (Å²) in [5.74, 6) is 0.661. The van der Waals surface area contributed by atoms with Gasteiger partial charge in [0.05, 0.1) is 5.92 Å². The van der Waals surface area contributed by atoms with Crippen LogP contribution in [0.15, 0.2) is 24.4 Å². The van der Waals surface area contributed by atoms with Crippen LogP contribution < -0.4 is 9.80 Å². The SMILES string of the molecule is CCc1nnc(N2CC(C(=O)N3CCN(c4ccccn4)CC3)CC2=O)s1. The van der Waals surface area contributed by atoms with E-state index in [4.69, 9.17) is 0 Å². The van der Waals surface area contributed by atoms with Crippen LogP contribution in [0.5, 0.6) is 0 Å². The normalized spacial score (nSPS) is 20.4. The number of anilines is 2. The Morgan fingerprint density at radius 1 is 1.22 bits per heavy atom. The summed E-state index contributed by atoms with van der Waals surface area (Å²) in [6.45, 7) is 5.22. The van der Waals surface area contributed by atoms with Gasteiger partial charge in [-0.2, -0.15) is 0 Å². The molecule has 2 fully saturated rings.